The normalized spacial score (nSPS) is 22.1. The van der Waals surface area contributed by atoms with Gasteiger partial charge in [0, 0.05) is 57.4 Å². The zero-order valence-electron chi connectivity index (χ0n) is 23.4. The van der Waals surface area contributed by atoms with Gasteiger partial charge in [0.05, 0.1) is 23.3 Å². The first-order valence-corrected chi connectivity index (χ1v) is 13.3. The lowest BCUT2D eigenvalue weighted by atomic mass is 9.99. The summed E-state index contributed by atoms with van der Waals surface area (Å²) in [5, 5.41) is 9.82. The predicted molar refractivity (Wildman–Crippen MR) is 150 cm³/mol. The second-order valence-corrected chi connectivity index (χ2v) is 10.8. The number of nitrogens with zero attached hydrogens (tertiary/aromatic N) is 3. The molecule has 2 aliphatic rings. The van der Waals surface area contributed by atoms with E-state index in [1.165, 1.54) is 17.0 Å². The molecule has 2 heterocycles. The summed E-state index contributed by atoms with van der Waals surface area (Å²) in [5.74, 6) is -2.41. The Morgan fingerprint density at radius 2 is 1.42 bits per heavy atom. The molecule has 0 aliphatic carbocycles. The Morgan fingerprint density at radius 1 is 0.860 bits per heavy atom. The lowest BCUT2D eigenvalue weighted by molar-refractivity contribution is -0.143. The minimum atomic E-state index is -5.09. The second kappa shape index (κ2) is 14.6. The van der Waals surface area contributed by atoms with Gasteiger partial charge in [0.1, 0.15) is 0 Å². The smallest absolute Gasteiger partial charge is 0.416 e. The van der Waals surface area contributed by atoms with Gasteiger partial charge in [-0.3, -0.25) is 14.6 Å². The van der Waals surface area contributed by atoms with Crippen molar-refractivity contribution in [2.75, 3.05) is 45.8 Å². The van der Waals surface area contributed by atoms with E-state index in [1.54, 1.807) is 0 Å². The number of hydrogen-bond donors (Lipinski definition) is 1. The molecule has 0 saturated carbocycles. The fourth-order valence-electron chi connectivity index (χ4n) is 5.52. The minimum absolute atomic E-state index is 0. The molecule has 0 bridgehead atoms. The van der Waals surface area contributed by atoms with E-state index in [0.717, 1.165) is 19.2 Å². The number of ether oxygens (including phenoxy) is 1. The highest BCUT2D eigenvalue weighted by Crippen LogP contribution is 2.37. The number of carbonyl (C=O) groups excluding carboxylic acids is 1. The van der Waals surface area contributed by atoms with E-state index in [4.69, 9.17) is 4.74 Å². The SMILES string of the molecule is CC1CN(CCN2CCN(C(=O)c3cc(C(F)(F)F)cc(C(F)(F)F)c3)[C@H](Cc3ccc(F)c(O)c3)C2)CC(C)O1.Cl.Cl. The van der Waals surface area contributed by atoms with Crippen molar-refractivity contribution < 1.29 is 45.4 Å². The van der Waals surface area contributed by atoms with E-state index in [-0.39, 0.29) is 62.6 Å². The third kappa shape index (κ3) is 9.58. The third-order valence-corrected chi connectivity index (χ3v) is 7.37. The van der Waals surface area contributed by atoms with Gasteiger partial charge in [-0.15, -0.1) is 24.8 Å². The molecule has 2 fully saturated rings. The standard InChI is InChI=1S/C28H32F7N3O3.2ClH/c1-17-14-37(15-18(2)41-17)6-5-36-7-8-38(23(16-36)9-19-3-4-24(29)25(39)10-19)26(40)20-11-21(27(30,31)32)13-22(12-20)28(33,34)35;;/h3-4,10-13,17-18,23,39H,5-9,14-16H2,1-2H3;2*1H/t17?,18?,23-;;/m1../s1. The molecule has 242 valence electrons. The summed E-state index contributed by atoms with van der Waals surface area (Å²) in [6, 6.07) is 3.87. The molecule has 4 rings (SSSR count). The monoisotopic (exact) mass is 663 g/mol. The number of halogens is 9. The number of rotatable bonds is 6. The molecule has 2 aromatic rings. The van der Waals surface area contributed by atoms with Gasteiger partial charge in [0.2, 0.25) is 0 Å². The lowest BCUT2D eigenvalue weighted by Crippen LogP contribution is -2.57. The Morgan fingerprint density at radius 3 is 1.95 bits per heavy atom. The fourth-order valence-corrected chi connectivity index (χ4v) is 5.52. The van der Waals surface area contributed by atoms with Crippen LogP contribution < -0.4 is 0 Å². The van der Waals surface area contributed by atoms with Crippen LogP contribution in [0.5, 0.6) is 5.75 Å². The summed E-state index contributed by atoms with van der Waals surface area (Å²) in [6.45, 7) is 7.49. The maximum atomic E-state index is 13.6. The molecule has 0 radical (unpaired) electrons. The zero-order valence-corrected chi connectivity index (χ0v) is 25.1. The van der Waals surface area contributed by atoms with Crippen LogP contribution in [0.15, 0.2) is 36.4 Å². The quantitative estimate of drug-likeness (QED) is 0.391. The fraction of sp³-hybridized carbons (Fsp3) is 0.536. The van der Waals surface area contributed by atoms with Crippen molar-refractivity contribution in [1.29, 1.82) is 0 Å². The van der Waals surface area contributed by atoms with E-state index in [9.17, 15) is 40.6 Å². The molecule has 2 saturated heterocycles. The highest BCUT2D eigenvalue weighted by molar-refractivity contribution is 5.95. The number of phenolic OH excluding ortho intramolecular Hbond substituents is 1. The highest BCUT2D eigenvalue weighted by Gasteiger charge is 2.39. The van der Waals surface area contributed by atoms with Crippen molar-refractivity contribution in [3.8, 4) is 5.75 Å². The first-order valence-electron chi connectivity index (χ1n) is 13.3. The van der Waals surface area contributed by atoms with Crippen LogP contribution >= 0.6 is 24.8 Å². The number of alkyl halides is 6. The Balaban J connectivity index is 0.00000323. The molecule has 2 unspecified atom stereocenters. The van der Waals surface area contributed by atoms with Crippen molar-refractivity contribution >= 4 is 30.7 Å². The van der Waals surface area contributed by atoms with Crippen LogP contribution in [-0.2, 0) is 23.5 Å². The summed E-state index contributed by atoms with van der Waals surface area (Å²) < 4.78 is 100. The maximum Gasteiger partial charge on any atom is 0.416 e. The molecule has 43 heavy (non-hydrogen) atoms. The minimum Gasteiger partial charge on any atom is -0.505 e. The molecule has 3 atom stereocenters. The first kappa shape index (κ1) is 36.9. The largest absolute Gasteiger partial charge is 0.505 e. The number of amides is 1. The Hall–Kier alpha value is -2.32. The zero-order chi connectivity index (χ0) is 30.1. The number of morpholine rings is 1. The van der Waals surface area contributed by atoms with Crippen LogP contribution in [0.2, 0.25) is 0 Å². The van der Waals surface area contributed by atoms with Crippen LogP contribution in [0.3, 0.4) is 0 Å². The van der Waals surface area contributed by atoms with Gasteiger partial charge < -0.3 is 14.7 Å². The maximum absolute atomic E-state index is 13.6. The van der Waals surface area contributed by atoms with Crippen LogP contribution in [0, 0.1) is 5.82 Å². The molecule has 2 aliphatic heterocycles. The van der Waals surface area contributed by atoms with Gasteiger partial charge >= 0.3 is 12.4 Å². The van der Waals surface area contributed by atoms with Gasteiger partial charge in [-0.2, -0.15) is 26.3 Å². The van der Waals surface area contributed by atoms with Crippen molar-refractivity contribution in [2.24, 2.45) is 0 Å². The molecule has 1 amide bonds. The van der Waals surface area contributed by atoms with Gasteiger partial charge in [0.25, 0.3) is 5.91 Å². The third-order valence-electron chi connectivity index (χ3n) is 7.37. The molecular formula is C28H34Cl2F7N3O3. The Kier molecular flexibility index (Phi) is 12.6. The summed E-state index contributed by atoms with van der Waals surface area (Å²) in [6.07, 6.45) is -9.93. The number of benzene rings is 2. The number of hydrogen-bond acceptors (Lipinski definition) is 5. The van der Waals surface area contributed by atoms with Crippen molar-refractivity contribution in [3.05, 3.63) is 64.5 Å². The Bertz CT molecular complexity index is 1210. The van der Waals surface area contributed by atoms with Gasteiger partial charge in [0.15, 0.2) is 11.6 Å². The molecule has 15 heteroatoms. The summed E-state index contributed by atoms with van der Waals surface area (Å²) in [5.41, 5.74) is -3.39. The second-order valence-electron chi connectivity index (χ2n) is 10.8. The highest BCUT2D eigenvalue weighted by atomic mass is 35.5. The average Bonchev–Trinajstić information content (AvgIpc) is 2.87. The van der Waals surface area contributed by atoms with E-state index in [2.05, 4.69) is 9.80 Å². The van der Waals surface area contributed by atoms with Crippen molar-refractivity contribution in [1.82, 2.24) is 14.7 Å². The van der Waals surface area contributed by atoms with E-state index < -0.39 is 52.6 Å². The van der Waals surface area contributed by atoms with Crippen molar-refractivity contribution in [3.63, 3.8) is 0 Å². The van der Waals surface area contributed by atoms with Gasteiger partial charge in [-0.25, -0.2) is 4.39 Å². The number of aromatic hydroxyl groups is 1. The number of phenols is 1. The number of carbonyl (C=O) groups is 1. The van der Waals surface area contributed by atoms with E-state index in [1.807, 2.05) is 13.8 Å². The molecule has 0 spiro atoms. The summed E-state index contributed by atoms with van der Waals surface area (Å²) in [7, 11) is 0. The molecule has 2 aromatic carbocycles. The van der Waals surface area contributed by atoms with Crippen molar-refractivity contribution in [2.45, 2.75) is 50.9 Å². The van der Waals surface area contributed by atoms with Gasteiger partial charge in [-0.1, -0.05) is 6.07 Å². The van der Waals surface area contributed by atoms with Crippen LogP contribution in [0.4, 0.5) is 30.7 Å². The first-order chi connectivity index (χ1) is 19.1. The predicted octanol–water partition coefficient (Wildman–Crippen LogP) is 5.89. The topological polar surface area (TPSA) is 56.2 Å². The lowest BCUT2D eigenvalue weighted by Gasteiger charge is -2.43. The molecule has 6 nitrogen and oxygen atoms in total. The molecular weight excluding hydrogens is 630 g/mol. The van der Waals surface area contributed by atoms with Gasteiger partial charge in [-0.05, 0) is 56.2 Å². The number of piperazine rings is 1. The molecule has 1 N–H and O–H groups in total. The average molecular weight is 664 g/mol. The Labute approximate surface area is 257 Å². The van der Waals surface area contributed by atoms with Crippen LogP contribution in [0.1, 0.15) is 40.9 Å². The van der Waals surface area contributed by atoms with Crippen LogP contribution in [0.25, 0.3) is 0 Å². The molecule has 0 aromatic heterocycles. The van der Waals surface area contributed by atoms with Crippen LogP contribution in [-0.4, -0.2) is 89.8 Å². The summed E-state index contributed by atoms with van der Waals surface area (Å²) in [4.78, 5) is 19.1. The van der Waals surface area contributed by atoms with E-state index in [0.29, 0.717) is 37.3 Å². The summed E-state index contributed by atoms with van der Waals surface area (Å²) >= 11 is 0. The van der Waals surface area contributed by atoms with E-state index >= 15 is 0 Å².